The predicted octanol–water partition coefficient (Wildman–Crippen LogP) is 3.33. The minimum atomic E-state index is -4.66. The van der Waals surface area contributed by atoms with Crippen molar-refractivity contribution in [2.45, 2.75) is 49.9 Å². The molecule has 1 saturated carbocycles. The molecule has 0 aromatic heterocycles. The molecule has 2 fully saturated rings. The number of rotatable bonds is 1. The molecule has 1 aliphatic carbocycles. The fourth-order valence-electron chi connectivity index (χ4n) is 2.76. The highest BCUT2D eigenvalue weighted by atomic mass is 19.4. The average Bonchev–Trinajstić information content (AvgIpc) is 2.52. The molecule has 1 aliphatic heterocycles. The van der Waals surface area contributed by atoms with Gasteiger partial charge < -0.3 is 17.7 Å². The van der Waals surface area contributed by atoms with Crippen molar-refractivity contribution in [2.75, 3.05) is 6.61 Å². The van der Waals surface area contributed by atoms with Crippen molar-refractivity contribution in [1.82, 2.24) is 0 Å². The van der Waals surface area contributed by atoms with Crippen LogP contribution in [0, 0.1) is 0 Å². The molecule has 2 aliphatic rings. The standard InChI is InChI=1S/C9H15BF3O/c11-10(12,13)8-3-6-14-9(7-8)4-1-2-5-9/h8H,1-7H2/q-1. The molecule has 82 valence electrons. The summed E-state index contributed by atoms with van der Waals surface area (Å²) in [5.74, 6) is -1.07. The van der Waals surface area contributed by atoms with Crippen molar-refractivity contribution in [3.8, 4) is 0 Å². The second kappa shape index (κ2) is 3.44. The van der Waals surface area contributed by atoms with Gasteiger partial charge in [-0.3, -0.25) is 0 Å². The lowest BCUT2D eigenvalue weighted by Gasteiger charge is -2.42. The van der Waals surface area contributed by atoms with Crippen molar-refractivity contribution >= 4 is 6.98 Å². The molecule has 0 aromatic carbocycles. The van der Waals surface area contributed by atoms with Crippen LogP contribution in [0.25, 0.3) is 0 Å². The first-order valence-corrected chi connectivity index (χ1v) is 5.36. The summed E-state index contributed by atoms with van der Waals surface area (Å²) < 4.78 is 43.3. The highest BCUT2D eigenvalue weighted by molar-refractivity contribution is 6.60. The minimum Gasteiger partial charge on any atom is -0.449 e. The van der Waals surface area contributed by atoms with Crippen molar-refractivity contribution in [2.24, 2.45) is 0 Å². The van der Waals surface area contributed by atoms with Crippen LogP contribution in [0.3, 0.4) is 0 Å². The lowest BCUT2D eigenvalue weighted by atomic mass is 9.64. The molecule has 1 spiro atoms. The molecular weight excluding hydrogens is 192 g/mol. The summed E-state index contributed by atoms with van der Waals surface area (Å²) in [7, 11) is 0. The van der Waals surface area contributed by atoms with Crippen LogP contribution in [-0.2, 0) is 4.74 Å². The van der Waals surface area contributed by atoms with E-state index in [4.69, 9.17) is 4.74 Å². The summed E-state index contributed by atoms with van der Waals surface area (Å²) in [6, 6.07) is 0. The summed E-state index contributed by atoms with van der Waals surface area (Å²) >= 11 is 0. The summed E-state index contributed by atoms with van der Waals surface area (Å²) in [4.78, 5) is 0. The lowest BCUT2D eigenvalue weighted by Crippen LogP contribution is -2.41. The summed E-state index contributed by atoms with van der Waals surface area (Å²) in [6.07, 6.45) is 4.10. The number of hydrogen-bond donors (Lipinski definition) is 0. The Morgan fingerprint density at radius 2 is 1.79 bits per heavy atom. The second-order valence-electron chi connectivity index (χ2n) is 4.62. The van der Waals surface area contributed by atoms with Crippen LogP contribution >= 0.6 is 0 Å². The van der Waals surface area contributed by atoms with Crippen LogP contribution in [0.5, 0.6) is 0 Å². The van der Waals surface area contributed by atoms with Crippen LogP contribution in [0.1, 0.15) is 38.5 Å². The molecule has 1 nitrogen and oxygen atoms in total. The predicted molar refractivity (Wildman–Crippen MR) is 49.2 cm³/mol. The number of halogens is 3. The van der Waals surface area contributed by atoms with E-state index >= 15 is 0 Å². The Labute approximate surface area is 82.1 Å². The van der Waals surface area contributed by atoms with Crippen LogP contribution in [0.2, 0.25) is 5.82 Å². The zero-order valence-electron chi connectivity index (χ0n) is 8.15. The molecule has 0 bridgehead atoms. The van der Waals surface area contributed by atoms with Gasteiger partial charge in [-0.25, -0.2) is 0 Å². The monoisotopic (exact) mass is 207 g/mol. The van der Waals surface area contributed by atoms with Crippen molar-refractivity contribution in [3.05, 3.63) is 0 Å². The average molecular weight is 207 g/mol. The Hall–Kier alpha value is -0.185. The maximum Gasteiger partial charge on any atom is 0.481 e. The Bertz CT molecular complexity index is 211. The fraction of sp³-hybridized carbons (Fsp3) is 1.00. The molecular formula is C9H15BF3O-. The van der Waals surface area contributed by atoms with Gasteiger partial charge in [0.25, 0.3) is 0 Å². The smallest absolute Gasteiger partial charge is 0.449 e. The van der Waals surface area contributed by atoms with Gasteiger partial charge >= 0.3 is 6.98 Å². The normalized spacial score (nSPS) is 32.4. The first kappa shape index (κ1) is 10.3. The van der Waals surface area contributed by atoms with Gasteiger partial charge in [-0.05, 0) is 19.3 Å². The van der Waals surface area contributed by atoms with Gasteiger partial charge in [-0.2, -0.15) is 0 Å². The second-order valence-corrected chi connectivity index (χ2v) is 4.62. The van der Waals surface area contributed by atoms with Crippen LogP contribution in [0.15, 0.2) is 0 Å². The Kier molecular flexibility index (Phi) is 2.54. The first-order chi connectivity index (χ1) is 6.52. The van der Waals surface area contributed by atoms with E-state index in [1.165, 1.54) is 0 Å². The molecule has 1 heterocycles. The van der Waals surface area contributed by atoms with E-state index in [2.05, 4.69) is 0 Å². The quantitative estimate of drug-likeness (QED) is 0.599. The van der Waals surface area contributed by atoms with Crippen molar-refractivity contribution in [1.29, 1.82) is 0 Å². The van der Waals surface area contributed by atoms with Crippen LogP contribution < -0.4 is 0 Å². The molecule has 0 N–H and O–H groups in total. The SMILES string of the molecule is F[B-](F)(F)C1CCOC2(CCCC2)C1. The molecule has 1 unspecified atom stereocenters. The van der Waals surface area contributed by atoms with E-state index in [0.717, 1.165) is 25.7 Å². The van der Waals surface area contributed by atoms with Gasteiger partial charge in [0.05, 0.1) is 5.60 Å². The van der Waals surface area contributed by atoms with E-state index in [-0.39, 0.29) is 12.8 Å². The van der Waals surface area contributed by atoms with E-state index in [9.17, 15) is 12.9 Å². The minimum absolute atomic E-state index is 0.172. The van der Waals surface area contributed by atoms with Crippen LogP contribution in [0.4, 0.5) is 12.9 Å². The maximum absolute atomic E-state index is 12.6. The Balaban J connectivity index is 2.03. The highest BCUT2D eigenvalue weighted by Crippen LogP contribution is 2.48. The van der Waals surface area contributed by atoms with Gasteiger partial charge in [0.15, 0.2) is 0 Å². The van der Waals surface area contributed by atoms with Gasteiger partial charge in [-0.15, -0.1) is 0 Å². The third-order valence-electron chi connectivity index (χ3n) is 3.58. The zero-order chi connectivity index (χ0) is 10.2. The molecule has 1 saturated heterocycles. The number of hydrogen-bond acceptors (Lipinski definition) is 1. The van der Waals surface area contributed by atoms with Gasteiger partial charge in [-0.1, -0.05) is 25.1 Å². The summed E-state index contributed by atoms with van der Waals surface area (Å²) in [5.41, 5.74) is -0.403. The van der Waals surface area contributed by atoms with E-state index in [1.54, 1.807) is 0 Å². The highest BCUT2D eigenvalue weighted by Gasteiger charge is 2.46. The Morgan fingerprint density at radius 1 is 1.14 bits per heavy atom. The fourth-order valence-corrected chi connectivity index (χ4v) is 2.76. The molecule has 14 heavy (non-hydrogen) atoms. The molecule has 1 atom stereocenters. The summed E-state index contributed by atoms with van der Waals surface area (Å²) in [6.45, 7) is -4.36. The van der Waals surface area contributed by atoms with Crippen molar-refractivity contribution in [3.63, 3.8) is 0 Å². The molecule has 0 aromatic rings. The zero-order valence-corrected chi connectivity index (χ0v) is 8.15. The molecule has 0 amide bonds. The summed E-state index contributed by atoms with van der Waals surface area (Å²) in [5, 5.41) is 0. The molecule has 5 heteroatoms. The van der Waals surface area contributed by atoms with Crippen LogP contribution in [-0.4, -0.2) is 19.2 Å². The van der Waals surface area contributed by atoms with Gasteiger partial charge in [0, 0.05) is 6.61 Å². The maximum atomic E-state index is 12.6. The third-order valence-corrected chi connectivity index (χ3v) is 3.58. The number of ether oxygens (including phenoxy) is 1. The molecule has 2 rings (SSSR count). The van der Waals surface area contributed by atoms with E-state index in [1.807, 2.05) is 0 Å². The Morgan fingerprint density at radius 3 is 2.36 bits per heavy atom. The van der Waals surface area contributed by atoms with Crippen molar-refractivity contribution < 1.29 is 17.7 Å². The third kappa shape index (κ3) is 1.92. The van der Waals surface area contributed by atoms with Gasteiger partial charge in [0.2, 0.25) is 0 Å². The topological polar surface area (TPSA) is 9.23 Å². The van der Waals surface area contributed by atoms with E-state index in [0.29, 0.717) is 6.61 Å². The van der Waals surface area contributed by atoms with Gasteiger partial charge in [0.1, 0.15) is 0 Å². The lowest BCUT2D eigenvalue weighted by molar-refractivity contribution is -0.0763. The van der Waals surface area contributed by atoms with E-state index < -0.39 is 18.4 Å². The molecule has 0 radical (unpaired) electrons. The largest absolute Gasteiger partial charge is 0.481 e. The first-order valence-electron chi connectivity index (χ1n) is 5.36.